The molecule has 0 bridgehead atoms. The topological polar surface area (TPSA) is 65.9 Å². The van der Waals surface area contributed by atoms with Gasteiger partial charge in [-0.15, -0.1) is 24.0 Å². The fourth-order valence-corrected chi connectivity index (χ4v) is 3.24. The molecule has 0 aliphatic heterocycles. The van der Waals surface area contributed by atoms with E-state index in [0.29, 0.717) is 13.1 Å². The molecular formula is C24H30IN3O2. The van der Waals surface area contributed by atoms with E-state index in [1.165, 1.54) is 5.39 Å². The van der Waals surface area contributed by atoms with Gasteiger partial charge in [0.05, 0.1) is 20.3 Å². The maximum absolute atomic E-state index is 9.76. The molecule has 0 saturated heterocycles. The van der Waals surface area contributed by atoms with Crippen molar-refractivity contribution in [2.75, 3.05) is 26.8 Å². The number of nitrogens with zero attached hydrogens (tertiary/aromatic N) is 1. The first-order valence-electron chi connectivity index (χ1n) is 9.98. The Labute approximate surface area is 195 Å². The summed E-state index contributed by atoms with van der Waals surface area (Å²) in [6.07, 6.45) is 0. The standard InChI is InChI=1S/C24H29N3O2.HI/c1-3-25-24(27-16-22(17-28)19-7-5-4-6-8-19)26-15-18-9-10-21-14-23(29-2)12-11-20(21)13-18;/h4-14,22,28H,3,15-17H2,1-2H3,(H2,25,26,27);1H. The van der Waals surface area contributed by atoms with Crippen LogP contribution < -0.4 is 15.4 Å². The fourth-order valence-electron chi connectivity index (χ4n) is 3.24. The minimum Gasteiger partial charge on any atom is -0.497 e. The number of nitrogens with one attached hydrogen (secondary N) is 2. The van der Waals surface area contributed by atoms with E-state index in [1.807, 2.05) is 49.4 Å². The second-order valence-electron chi connectivity index (χ2n) is 6.91. The van der Waals surface area contributed by atoms with Crippen LogP contribution in [0.25, 0.3) is 10.8 Å². The van der Waals surface area contributed by atoms with Gasteiger partial charge >= 0.3 is 0 Å². The van der Waals surface area contributed by atoms with E-state index in [2.05, 4.69) is 34.9 Å². The van der Waals surface area contributed by atoms with Crippen LogP contribution in [0.3, 0.4) is 0 Å². The number of ether oxygens (including phenoxy) is 1. The summed E-state index contributed by atoms with van der Waals surface area (Å²) in [6.45, 7) is 4.10. The van der Waals surface area contributed by atoms with Gasteiger partial charge in [0, 0.05) is 19.0 Å². The zero-order chi connectivity index (χ0) is 20.5. The van der Waals surface area contributed by atoms with Crippen LogP contribution >= 0.6 is 24.0 Å². The molecule has 3 aromatic rings. The maximum atomic E-state index is 9.76. The van der Waals surface area contributed by atoms with Crippen molar-refractivity contribution < 1.29 is 9.84 Å². The molecular weight excluding hydrogens is 489 g/mol. The number of benzene rings is 3. The number of guanidine groups is 1. The number of hydrogen-bond acceptors (Lipinski definition) is 3. The summed E-state index contributed by atoms with van der Waals surface area (Å²) in [5.74, 6) is 1.63. The average Bonchev–Trinajstić information content (AvgIpc) is 2.78. The molecule has 0 aliphatic rings. The highest BCUT2D eigenvalue weighted by atomic mass is 127. The number of methoxy groups -OCH3 is 1. The average molecular weight is 519 g/mol. The van der Waals surface area contributed by atoms with Crippen LogP contribution in [-0.2, 0) is 6.54 Å². The summed E-state index contributed by atoms with van der Waals surface area (Å²) >= 11 is 0. The number of halogens is 1. The molecule has 1 atom stereocenters. The smallest absolute Gasteiger partial charge is 0.191 e. The van der Waals surface area contributed by atoms with Crippen molar-refractivity contribution in [2.45, 2.75) is 19.4 Å². The summed E-state index contributed by atoms with van der Waals surface area (Å²) in [4.78, 5) is 4.71. The monoisotopic (exact) mass is 519 g/mol. The third kappa shape index (κ3) is 6.60. The van der Waals surface area contributed by atoms with Gasteiger partial charge in [0.25, 0.3) is 0 Å². The zero-order valence-electron chi connectivity index (χ0n) is 17.5. The molecule has 3 rings (SSSR count). The van der Waals surface area contributed by atoms with Gasteiger partial charge in [-0.05, 0) is 47.0 Å². The summed E-state index contributed by atoms with van der Waals surface area (Å²) in [5.41, 5.74) is 2.25. The van der Waals surface area contributed by atoms with Gasteiger partial charge in [0.1, 0.15) is 5.75 Å². The van der Waals surface area contributed by atoms with Gasteiger partial charge in [-0.1, -0.05) is 48.5 Å². The molecule has 30 heavy (non-hydrogen) atoms. The molecule has 0 aromatic heterocycles. The third-order valence-corrected chi connectivity index (χ3v) is 4.88. The van der Waals surface area contributed by atoms with E-state index in [4.69, 9.17) is 9.73 Å². The Balaban J connectivity index is 0.00000320. The van der Waals surface area contributed by atoms with Crippen molar-refractivity contribution in [1.82, 2.24) is 10.6 Å². The van der Waals surface area contributed by atoms with Crippen molar-refractivity contribution >= 4 is 40.7 Å². The van der Waals surface area contributed by atoms with Crippen LogP contribution in [0.4, 0.5) is 0 Å². The number of hydrogen-bond donors (Lipinski definition) is 3. The highest BCUT2D eigenvalue weighted by molar-refractivity contribution is 14.0. The van der Waals surface area contributed by atoms with E-state index in [9.17, 15) is 5.11 Å². The Morgan fingerprint density at radius 3 is 2.43 bits per heavy atom. The van der Waals surface area contributed by atoms with Crippen LogP contribution in [0.15, 0.2) is 71.7 Å². The van der Waals surface area contributed by atoms with Crippen LogP contribution in [0, 0.1) is 0 Å². The lowest BCUT2D eigenvalue weighted by molar-refractivity contribution is 0.265. The van der Waals surface area contributed by atoms with E-state index in [-0.39, 0.29) is 36.5 Å². The van der Waals surface area contributed by atoms with E-state index in [0.717, 1.165) is 34.8 Å². The molecule has 3 aromatic carbocycles. The fraction of sp³-hybridized carbons (Fsp3) is 0.292. The molecule has 0 fully saturated rings. The Morgan fingerprint density at radius 2 is 1.73 bits per heavy atom. The first-order chi connectivity index (χ1) is 14.2. The predicted octanol–water partition coefficient (Wildman–Crippen LogP) is 4.30. The highest BCUT2D eigenvalue weighted by Crippen LogP contribution is 2.22. The molecule has 160 valence electrons. The van der Waals surface area contributed by atoms with Gasteiger partial charge in [-0.25, -0.2) is 4.99 Å². The number of fused-ring (bicyclic) bond motifs is 1. The van der Waals surface area contributed by atoms with Crippen LogP contribution in [0.2, 0.25) is 0 Å². The minimum atomic E-state index is 0. The molecule has 5 nitrogen and oxygen atoms in total. The Kier molecular flexibility index (Phi) is 9.89. The molecule has 0 amide bonds. The molecule has 0 heterocycles. The first-order valence-corrected chi connectivity index (χ1v) is 9.98. The lowest BCUT2D eigenvalue weighted by Gasteiger charge is -2.18. The molecule has 0 aliphatic carbocycles. The third-order valence-electron chi connectivity index (χ3n) is 4.88. The normalized spacial score (nSPS) is 12.2. The minimum absolute atomic E-state index is 0. The Morgan fingerprint density at radius 1 is 1.00 bits per heavy atom. The number of rotatable bonds is 8. The molecule has 0 radical (unpaired) electrons. The van der Waals surface area contributed by atoms with Crippen LogP contribution in [0.5, 0.6) is 5.75 Å². The second kappa shape index (κ2) is 12.4. The maximum Gasteiger partial charge on any atom is 0.191 e. The van der Waals surface area contributed by atoms with Crippen LogP contribution in [0.1, 0.15) is 24.0 Å². The van der Waals surface area contributed by atoms with E-state index in [1.54, 1.807) is 7.11 Å². The first kappa shape index (κ1) is 24.0. The van der Waals surface area contributed by atoms with Crippen molar-refractivity contribution in [3.05, 3.63) is 77.9 Å². The van der Waals surface area contributed by atoms with Gasteiger partial charge in [-0.2, -0.15) is 0 Å². The molecule has 0 spiro atoms. The zero-order valence-corrected chi connectivity index (χ0v) is 19.8. The van der Waals surface area contributed by atoms with Gasteiger partial charge in [-0.3, -0.25) is 0 Å². The van der Waals surface area contributed by atoms with Crippen molar-refractivity contribution in [3.63, 3.8) is 0 Å². The van der Waals surface area contributed by atoms with Gasteiger partial charge < -0.3 is 20.5 Å². The van der Waals surface area contributed by atoms with E-state index >= 15 is 0 Å². The summed E-state index contributed by atoms with van der Waals surface area (Å²) in [6, 6.07) is 22.5. The van der Waals surface area contributed by atoms with Crippen LogP contribution in [-0.4, -0.2) is 37.9 Å². The van der Waals surface area contributed by atoms with Crippen molar-refractivity contribution in [2.24, 2.45) is 4.99 Å². The number of aliphatic hydroxyl groups excluding tert-OH is 1. The van der Waals surface area contributed by atoms with Crippen molar-refractivity contribution in [3.8, 4) is 5.75 Å². The number of aliphatic hydroxyl groups is 1. The molecule has 3 N–H and O–H groups in total. The number of aliphatic imine (C=N–C) groups is 1. The molecule has 0 saturated carbocycles. The lowest BCUT2D eigenvalue weighted by atomic mass is 10.0. The summed E-state index contributed by atoms with van der Waals surface area (Å²) < 4.78 is 5.29. The Hall–Kier alpha value is -2.32. The largest absolute Gasteiger partial charge is 0.497 e. The van der Waals surface area contributed by atoms with Gasteiger partial charge in [0.2, 0.25) is 0 Å². The Bertz CT molecular complexity index is 948. The summed E-state index contributed by atoms with van der Waals surface area (Å²) in [5, 5.41) is 18.7. The predicted molar refractivity (Wildman–Crippen MR) is 135 cm³/mol. The SMILES string of the molecule is CCNC(=NCc1ccc2cc(OC)ccc2c1)NCC(CO)c1ccccc1.I. The van der Waals surface area contributed by atoms with Gasteiger partial charge in [0.15, 0.2) is 5.96 Å². The molecule has 1 unspecified atom stereocenters. The second-order valence-corrected chi connectivity index (χ2v) is 6.91. The van der Waals surface area contributed by atoms with Crippen molar-refractivity contribution in [1.29, 1.82) is 0 Å². The quantitative estimate of drug-likeness (QED) is 0.236. The molecule has 6 heteroatoms. The lowest BCUT2D eigenvalue weighted by Crippen LogP contribution is -2.39. The van der Waals surface area contributed by atoms with E-state index < -0.39 is 0 Å². The summed E-state index contributed by atoms with van der Waals surface area (Å²) in [7, 11) is 1.68. The highest BCUT2D eigenvalue weighted by Gasteiger charge is 2.10.